The van der Waals surface area contributed by atoms with Gasteiger partial charge in [0.25, 0.3) is 0 Å². The molecule has 2 aromatic heterocycles. The summed E-state index contributed by atoms with van der Waals surface area (Å²) in [6.07, 6.45) is 1.59. The third kappa shape index (κ3) is 2.87. The van der Waals surface area contributed by atoms with Crippen LogP contribution in [0.3, 0.4) is 0 Å². The predicted octanol–water partition coefficient (Wildman–Crippen LogP) is 2.64. The molecule has 138 valence electrons. The van der Waals surface area contributed by atoms with E-state index in [1.807, 2.05) is 71.6 Å². The molecule has 1 aliphatic heterocycles. The van der Waals surface area contributed by atoms with Gasteiger partial charge in [0.1, 0.15) is 6.33 Å². The molecular weight excluding hydrogens is 352 g/mol. The number of piperazine rings is 1. The van der Waals surface area contributed by atoms with Gasteiger partial charge in [-0.25, -0.2) is 0 Å². The smallest absolute Gasteiger partial charge is 0.246 e. The number of rotatable bonds is 3. The van der Waals surface area contributed by atoms with Crippen molar-refractivity contribution >= 4 is 22.9 Å². The number of hydrogen-bond acceptors (Lipinski definition) is 5. The SMILES string of the molecule is O=C1CN(c2cc(-c3ccccc3)nn3cnnc23)CCN1c1ccccc1. The zero-order valence-electron chi connectivity index (χ0n) is 15.1. The number of fused-ring (bicyclic) bond motifs is 1. The Bertz CT molecular complexity index is 1130. The van der Waals surface area contributed by atoms with Gasteiger partial charge >= 0.3 is 0 Å². The maximum Gasteiger partial charge on any atom is 0.246 e. The Kier molecular flexibility index (Phi) is 3.97. The molecule has 1 saturated heterocycles. The van der Waals surface area contributed by atoms with Crippen LogP contribution in [0.4, 0.5) is 11.4 Å². The highest BCUT2D eigenvalue weighted by Crippen LogP contribution is 2.28. The summed E-state index contributed by atoms with van der Waals surface area (Å²) >= 11 is 0. The van der Waals surface area contributed by atoms with E-state index in [9.17, 15) is 4.79 Å². The number of aromatic nitrogens is 4. The minimum Gasteiger partial charge on any atom is -0.357 e. The molecule has 28 heavy (non-hydrogen) atoms. The van der Waals surface area contributed by atoms with E-state index < -0.39 is 0 Å². The van der Waals surface area contributed by atoms with Crippen LogP contribution in [0.1, 0.15) is 0 Å². The highest BCUT2D eigenvalue weighted by atomic mass is 16.2. The lowest BCUT2D eigenvalue weighted by molar-refractivity contribution is -0.117. The lowest BCUT2D eigenvalue weighted by Crippen LogP contribution is -2.50. The predicted molar refractivity (Wildman–Crippen MR) is 107 cm³/mol. The fourth-order valence-electron chi connectivity index (χ4n) is 3.55. The maximum atomic E-state index is 12.8. The Morgan fingerprint density at radius 1 is 0.893 bits per heavy atom. The van der Waals surface area contributed by atoms with Gasteiger partial charge in [-0.1, -0.05) is 48.5 Å². The molecule has 0 saturated carbocycles. The first-order valence-corrected chi connectivity index (χ1v) is 9.16. The zero-order valence-corrected chi connectivity index (χ0v) is 15.1. The van der Waals surface area contributed by atoms with Crippen LogP contribution < -0.4 is 9.80 Å². The van der Waals surface area contributed by atoms with Gasteiger partial charge in [-0.3, -0.25) is 4.79 Å². The zero-order chi connectivity index (χ0) is 18.9. The summed E-state index contributed by atoms with van der Waals surface area (Å²) in [6.45, 7) is 1.61. The average molecular weight is 370 g/mol. The first kappa shape index (κ1) is 16.4. The molecule has 1 amide bonds. The van der Waals surface area contributed by atoms with Crippen LogP contribution in [-0.2, 0) is 4.79 Å². The van der Waals surface area contributed by atoms with Crippen molar-refractivity contribution in [3.05, 3.63) is 73.1 Å². The van der Waals surface area contributed by atoms with Crippen molar-refractivity contribution in [2.24, 2.45) is 0 Å². The Labute approximate surface area is 161 Å². The molecule has 0 radical (unpaired) electrons. The molecular formula is C21H18N6O. The van der Waals surface area contributed by atoms with E-state index in [0.29, 0.717) is 18.7 Å². The fraction of sp³-hybridized carbons (Fsp3) is 0.143. The summed E-state index contributed by atoms with van der Waals surface area (Å²) in [4.78, 5) is 16.7. The molecule has 7 nitrogen and oxygen atoms in total. The summed E-state index contributed by atoms with van der Waals surface area (Å²) in [5, 5.41) is 12.8. The number of carbonyl (C=O) groups is 1. The monoisotopic (exact) mass is 370 g/mol. The molecule has 0 N–H and O–H groups in total. The van der Waals surface area contributed by atoms with Crippen LogP contribution in [0, 0.1) is 0 Å². The van der Waals surface area contributed by atoms with E-state index in [-0.39, 0.29) is 12.5 Å². The molecule has 5 rings (SSSR count). The highest BCUT2D eigenvalue weighted by Gasteiger charge is 2.27. The normalized spacial score (nSPS) is 14.6. The van der Waals surface area contributed by atoms with Crippen molar-refractivity contribution in [2.75, 3.05) is 29.4 Å². The molecule has 7 heteroatoms. The van der Waals surface area contributed by atoms with Crippen molar-refractivity contribution in [1.82, 2.24) is 19.8 Å². The number of nitrogens with zero attached hydrogens (tertiary/aromatic N) is 6. The number of hydrogen-bond donors (Lipinski definition) is 0. The average Bonchev–Trinajstić information content (AvgIpc) is 3.23. The third-order valence-corrected chi connectivity index (χ3v) is 4.95. The second-order valence-corrected chi connectivity index (χ2v) is 6.68. The van der Waals surface area contributed by atoms with Gasteiger partial charge in [0.2, 0.25) is 11.6 Å². The van der Waals surface area contributed by atoms with Gasteiger partial charge in [-0.2, -0.15) is 9.61 Å². The first-order valence-electron chi connectivity index (χ1n) is 9.16. The summed E-state index contributed by atoms with van der Waals surface area (Å²) in [5.41, 5.74) is 4.28. The topological polar surface area (TPSA) is 66.6 Å². The summed E-state index contributed by atoms with van der Waals surface area (Å²) < 4.78 is 1.67. The van der Waals surface area contributed by atoms with Gasteiger partial charge in [0.15, 0.2) is 0 Å². The Hall–Kier alpha value is -3.74. The van der Waals surface area contributed by atoms with E-state index in [0.717, 1.165) is 22.6 Å². The van der Waals surface area contributed by atoms with E-state index in [1.54, 1.807) is 10.8 Å². The highest BCUT2D eigenvalue weighted by molar-refractivity contribution is 5.98. The van der Waals surface area contributed by atoms with Crippen molar-refractivity contribution in [1.29, 1.82) is 0 Å². The molecule has 2 aromatic carbocycles. The lowest BCUT2D eigenvalue weighted by Gasteiger charge is -2.35. The minimum absolute atomic E-state index is 0.0631. The Balaban J connectivity index is 1.50. The number of carbonyl (C=O) groups excluding carboxylic acids is 1. The van der Waals surface area contributed by atoms with Crippen LogP contribution in [0.25, 0.3) is 16.9 Å². The summed E-state index contributed by atoms with van der Waals surface area (Å²) in [6, 6.07) is 21.7. The van der Waals surface area contributed by atoms with Crippen molar-refractivity contribution in [2.45, 2.75) is 0 Å². The summed E-state index contributed by atoms with van der Waals surface area (Å²) in [7, 11) is 0. The van der Waals surface area contributed by atoms with Gasteiger partial charge in [-0.15, -0.1) is 10.2 Å². The van der Waals surface area contributed by atoms with Crippen molar-refractivity contribution < 1.29 is 4.79 Å². The second kappa shape index (κ2) is 6.77. The molecule has 0 aliphatic carbocycles. The maximum absolute atomic E-state index is 12.8. The van der Waals surface area contributed by atoms with Gasteiger partial charge in [0.05, 0.1) is 17.9 Å². The molecule has 0 unspecified atom stereocenters. The Morgan fingerprint density at radius 3 is 2.39 bits per heavy atom. The van der Waals surface area contributed by atoms with Crippen molar-refractivity contribution in [3.8, 4) is 11.3 Å². The molecule has 0 atom stereocenters. The first-order chi connectivity index (χ1) is 13.8. The second-order valence-electron chi connectivity index (χ2n) is 6.68. The van der Waals surface area contributed by atoms with Gasteiger partial charge in [-0.05, 0) is 18.2 Å². The Morgan fingerprint density at radius 2 is 1.64 bits per heavy atom. The molecule has 3 heterocycles. The van der Waals surface area contributed by atoms with Gasteiger partial charge < -0.3 is 9.80 Å². The van der Waals surface area contributed by atoms with Crippen molar-refractivity contribution in [3.63, 3.8) is 0 Å². The largest absolute Gasteiger partial charge is 0.357 e. The van der Waals surface area contributed by atoms with E-state index in [2.05, 4.69) is 20.2 Å². The van der Waals surface area contributed by atoms with Crippen LogP contribution >= 0.6 is 0 Å². The standard InChI is InChI=1S/C21H18N6O/c28-20-14-25(11-12-26(20)17-9-5-2-6-10-17)19-13-18(16-7-3-1-4-8-16)24-27-15-22-23-21(19)27/h1-10,13,15H,11-12,14H2. The van der Waals surface area contributed by atoms with E-state index >= 15 is 0 Å². The number of benzene rings is 2. The van der Waals surface area contributed by atoms with E-state index in [4.69, 9.17) is 0 Å². The van der Waals surface area contributed by atoms with Gasteiger partial charge in [0, 0.05) is 24.3 Å². The van der Waals surface area contributed by atoms with Crippen LogP contribution in [0.5, 0.6) is 0 Å². The number of para-hydroxylation sites is 1. The molecule has 0 bridgehead atoms. The third-order valence-electron chi connectivity index (χ3n) is 4.95. The van der Waals surface area contributed by atoms with E-state index in [1.165, 1.54) is 0 Å². The molecule has 4 aromatic rings. The quantitative estimate of drug-likeness (QED) is 0.555. The van der Waals surface area contributed by atoms with Crippen LogP contribution in [0.2, 0.25) is 0 Å². The van der Waals surface area contributed by atoms with Crippen LogP contribution in [0.15, 0.2) is 73.1 Å². The minimum atomic E-state index is 0.0631. The summed E-state index contributed by atoms with van der Waals surface area (Å²) in [5.74, 6) is 0.0631. The number of anilines is 2. The molecule has 1 aliphatic rings. The lowest BCUT2D eigenvalue weighted by atomic mass is 10.1. The molecule has 1 fully saturated rings. The number of amides is 1. The van der Waals surface area contributed by atoms with Crippen LogP contribution in [-0.4, -0.2) is 45.4 Å². The molecule has 0 spiro atoms. The fourth-order valence-corrected chi connectivity index (χ4v) is 3.55.